The Bertz CT molecular complexity index is 1450. The molecule has 9 nitrogen and oxygen atoms in total. The van der Waals surface area contributed by atoms with Gasteiger partial charge in [0.05, 0.1) is 28.4 Å². The Morgan fingerprint density at radius 2 is 1.69 bits per heavy atom. The highest BCUT2D eigenvalue weighted by atomic mass is 19.1. The van der Waals surface area contributed by atoms with Gasteiger partial charge in [-0.25, -0.2) is 14.1 Å². The first-order chi connectivity index (χ1) is 16.9. The lowest BCUT2D eigenvalue weighted by Crippen LogP contribution is -2.42. The standard InChI is InChI=1S/C25H22FN5O4/c1-14(2)31-23-18(13-27-31)17(25(33)30-29-24(32)16-5-3-4-6-19(16)26)12-20(28-23)15-7-8-21-22(11-15)35-10-9-34-21/h3-8,11-14H,9-10H2,1-2H3,(H,29,32)(H,30,33). The summed E-state index contributed by atoms with van der Waals surface area (Å²) in [6.45, 7) is 4.84. The number of halogens is 1. The second kappa shape index (κ2) is 9.05. The van der Waals surface area contributed by atoms with Crippen LogP contribution in [0.2, 0.25) is 0 Å². The van der Waals surface area contributed by atoms with Crippen molar-refractivity contribution >= 4 is 22.8 Å². The number of nitrogens with zero attached hydrogens (tertiary/aromatic N) is 3. The van der Waals surface area contributed by atoms with Gasteiger partial charge < -0.3 is 9.47 Å². The number of amides is 2. The van der Waals surface area contributed by atoms with Gasteiger partial charge in [0.2, 0.25) is 0 Å². The molecule has 1 aliphatic rings. The van der Waals surface area contributed by atoms with Crippen LogP contribution in [0.4, 0.5) is 4.39 Å². The fraction of sp³-hybridized carbons (Fsp3) is 0.200. The van der Waals surface area contributed by atoms with Crippen molar-refractivity contribution in [2.75, 3.05) is 13.2 Å². The van der Waals surface area contributed by atoms with Crippen LogP contribution in [-0.4, -0.2) is 39.8 Å². The summed E-state index contributed by atoms with van der Waals surface area (Å²) in [5.41, 5.74) is 6.45. The van der Waals surface area contributed by atoms with Crippen LogP contribution in [0.15, 0.2) is 54.7 Å². The number of benzene rings is 2. The van der Waals surface area contributed by atoms with Gasteiger partial charge >= 0.3 is 0 Å². The minimum Gasteiger partial charge on any atom is -0.486 e. The van der Waals surface area contributed by atoms with Crippen molar-refractivity contribution in [3.63, 3.8) is 0 Å². The molecule has 3 heterocycles. The summed E-state index contributed by atoms with van der Waals surface area (Å²) in [6.07, 6.45) is 1.56. The Kier molecular flexibility index (Phi) is 5.77. The summed E-state index contributed by atoms with van der Waals surface area (Å²) < 4.78 is 26.9. The number of ether oxygens (including phenoxy) is 2. The van der Waals surface area contributed by atoms with Gasteiger partial charge in [-0.3, -0.25) is 20.4 Å². The third kappa shape index (κ3) is 4.25. The summed E-state index contributed by atoms with van der Waals surface area (Å²) >= 11 is 0. The second-order valence-electron chi connectivity index (χ2n) is 8.22. The van der Waals surface area contributed by atoms with Crippen molar-refractivity contribution in [3.05, 3.63) is 71.7 Å². The van der Waals surface area contributed by atoms with E-state index in [9.17, 15) is 14.0 Å². The Labute approximate surface area is 199 Å². The van der Waals surface area contributed by atoms with E-state index in [2.05, 4.69) is 16.0 Å². The maximum absolute atomic E-state index is 13.9. The van der Waals surface area contributed by atoms with Crippen molar-refractivity contribution in [3.8, 4) is 22.8 Å². The molecule has 0 aliphatic carbocycles. The predicted molar refractivity (Wildman–Crippen MR) is 126 cm³/mol. The lowest BCUT2D eigenvalue weighted by atomic mass is 10.1. The number of hydrogen-bond acceptors (Lipinski definition) is 6. The zero-order chi connectivity index (χ0) is 24.5. The van der Waals surface area contributed by atoms with E-state index < -0.39 is 17.6 Å². The quantitative estimate of drug-likeness (QED) is 0.436. The van der Waals surface area contributed by atoms with E-state index in [1.54, 1.807) is 29.1 Å². The number of rotatable bonds is 4. The van der Waals surface area contributed by atoms with Gasteiger partial charge in [0.25, 0.3) is 11.8 Å². The molecule has 5 rings (SSSR count). The van der Waals surface area contributed by atoms with Crippen LogP contribution in [0.1, 0.15) is 40.6 Å². The predicted octanol–water partition coefficient (Wildman–Crippen LogP) is 3.66. The Hall–Kier alpha value is -4.47. The molecule has 178 valence electrons. The van der Waals surface area contributed by atoms with Gasteiger partial charge in [0.1, 0.15) is 19.0 Å². The Morgan fingerprint density at radius 1 is 0.971 bits per heavy atom. The van der Waals surface area contributed by atoms with Gasteiger partial charge in [-0.15, -0.1) is 0 Å². The Morgan fingerprint density at radius 3 is 2.43 bits per heavy atom. The highest BCUT2D eigenvalue weighted by molar-refractivity contribution is 6.07. The van der Waals surface area contributed by atoms with E-state index in [4.69, 9.17) is 14.5 Å². The topological polar surface area (TPSA) is 107 Å². The maximum atomic E-state index is 13.9. The van der Waals surface area contributed by atoms with Crippen LogP contribution in [0, 0.1) is 5.82 Å². The van der Waals surface area contributed by atoms with E-state index in [1.807, 2.05) is 19.9 Å². The first-order valence-electron chi connectivity index (χ1n) is 11.1. The van der Waals surface area contributed by atoms with Gasteiger partial charge in [-0.1, -0.05) is 12.1 Å². The van der Waals surface area contributed by atoms with Crippen molar-refractivity contribution < 1.29 is 23.5 Å². The molecular weight excluding hydrogens is 453 g/mol. The van der Waals surface area contributed by atoms with Crippen LogP contribution < -0.4 is 20.3 Å². The van der Waals surface area contributed by atoms with Crippen LogP contribution in [0.3, 0.4) is 0 Å². The van der Waals surface area contributed by atoms with Crippen LogP contribution in [0.5, 0.6) is 11.5 Å². The molecule has 1 aliphatic heterocycles. The minimum absolute atomic E-state index is 0.00724. The maximum Gasteiger partial charge on any atom is 0.272 e. The number of pyridine rings is 1. The fourth-order valence-corrected chi connectivity index (χ4v) is 3.83. The molecule has 0 bridgehead atoms. The van der Waals surface area contributed by atoms with Crippen LogP contribution >= 0.6 is 0 Å². The zero-order valence-corrected chi connectivity index (χ0v) is 19.0. The number of nitrogens with one attached hydrogen (secondary N) is 2. The summed E-state index contributed by atoms with van der Waals surface area (Å²) in [5.74, 6) is -0.821. The molecule has 2 amide bonds. The molecule has 0 radical (unpaired) electrons. The SMILES string of the molecule is CC(C)n1ncc2c(C(=O)NNC(=O)c3ccccc3F)cc(-c3ccc4c(c3)OCCO4)nc21. The van der Waals surface area contributed by atoms with Crippen molar-refractivity contribution in [1.29, 1.82) is 0 Å². The molecule has 35 heavy (non-hydrogen) atoms. The lowest BCUT2D eigenvalue weighted by Gasteiger charge is -2.19. The highest BCUT2D eigenvalue weighted by Gasteiger charge is 2.21. The van der Waals surface area contributed by atoms with Crippen molar-refractivity contribution in [1.82, 2.24) is 25.6 Å². The van der Waals surface area contributed by atoms with E-state index in [1.165, 1.54) is 24.3 Å². The second-order valence-corrected chi connectivity index (χ2v) is 8.22. The number of carbonyl (C=O) groups excluding carboxylic acids is 2. The van der Waals surface area contributed by atoms with Gasteiger partial charge in [-0.2, -0.15) is 5.10 Å². The molecule has 10 heteroatoms. The number of hydrogen-bond donors (Lipinski definition) is 2. The van der Waals surface area contributed by atoms with E-state index in [0.29, 0.717) is 41.4 Å². The first-order valence-corrected chi connectivity index (χ1v) is 11.1. The number of fused-ring (bicyclic) bond motifs is 2. The Balaban J connectivity index is 1.51. The molecule has 0 fully saturated rings. The van der Waals surface area contributed by atoms with Crippen LogP contribution in [-0.2, 0) is 0 Å². The van der Waals surface area contributed by atoms with E-state index in [0.717, 1.165) is 5.56 Å². The van der Waals surface area contributed by atoms with Crippen molar-refractivity contribution in [2.24, 2.45) is 0 Å². The summed E-state index contributed by atoms with van der Waals surface area (Å²) in [6, 6.07) is 12.6. The van der Waals surface area contributed by atoms with E-state index in [-0.39, 0.29) is 17.2 Å². The van der Waals surface area contributed by atoms with E-state index >= 15 is 0 Å². The van der Waals surface area contributed by atoms with Gasteiger partial charge in [0.15, 0.2) is 17.1 Å². The fourth-order valence-electron chi connectivity index (χ4n) is 3.83. The summed E-state index contributed by atoms with van der Waals surface area (Å²) in [4.78, 5) is 30.3. The first kappa shape index (κ1) is 22.3. The number of aromatic nitrogens is 3. The monoisotopic (exact) mass is 475 g/mol. The largest absolute Gasteiger partial charge is 0.486 e. The van der Waals surface area contributed by atoms with Crippen molar-refractivity contribution in [2.45, 2.75) is 19.9 Å². The lowest BCUT2D eigenvalue weighted by molar-refractivity contribution is 0.0845. The molecule has 0 spiro atoms. The molecule has 2 aromatic heterocycles. The average molecular weight is 475 g/mol. The van der Waals surface area contributed by atoms with Gasteiger partial charge in [0, 0.05) is 11.6 Å². The molecule has 0 saturated carbocycles. The number of carbonyl (C=O) groups is 2. The molecule has 2 N–H and O–H groups in total. The normalized spacial score (nSPS) is 12.6. The highest BCUT2D eigenvalue weighted by Crippen LogP contribution is 2.35. The smallest absolute Gasteiger partial charge is 0.272 e. The zero-order valence-electron chi connectivity index (χ0n) is 19.0. The molecule has 0 saturated heterocycles. The third-order valence-electron chi connectivity index (χ3n) is 5.55. The number of hydrazine groups is 1. The molecule has 4 aromatic rings. The van der Waals surface area contributed by atoms with Gasteiger partial charge in [-0.05, 0) is 50.2 Å². The minimum atomic E-state index is -0.772. The molecule has 2 aromatic carbocycles. The molecule has 0 unspecified atom stereocenters. The summed E-state index contributed by atoms with van der Waals surface area (Å²) in [5, 5.41) is 4.90. The van der Waals surface area contributed by atoms with Crippen LogP contribution in [0.25, 0.3) is 22.3 Å². The third-order valence-corrected chi connectivity index (χ3v) is 5.55. The molecular formula is C25H22FN5O4. The average Bonchev–Trinajstić information content (AvgIpc) is 3.31. The molecule has 0 atom stereocenters. The summed E-state index contributed by atoms with van der Waals surface area (Å²) in [7, 11) is 0.